The number of nitrogens with zero attached hydrogens (tertiary/aromatic N) is 1. The lowest BCUT2D eigenvalue weighted by molar-refractivity contribution is -0.118. The smallest absolute Gasteiger partial charge is 0.314 e. The third-order valence-corrected chi connectivity index (χ3v) is 4.19. The Morgan fingerprint density at radius 2 is 1.77 bits per heavy atom. The summed E-state index contributed by atoms with van der Waals surface area (Å²) < 4.78 is 0. The lowest BCUT2D eigenvalue weighted by atomic mass is 10.0. The van der Waals surface area contributed by atoms with Crippen molar-refractivity contribution in [1.82, 2.24) is 15.5 Å². The topological polar surface area (TPSA) is 81.7 Å². The second-order valence-electron chi connectivity index (χ2n) is 6.17. The van der Waals surface area contributed by atoms with Crippen molar-refractivity contribution < 1.29 is 14.7 Å². The molecule has 6 nitrogen and oxygen atoms in total. The first-order valence-corrected chi connectivity index (χ1v) is 8.59. The van der Waals surface area contributed by atoms with E-state index in [4.69, 9.17) is 0 Å². The SMILES string of the molecule is CN(C=O)C(CNC(=O)NCCc1ccccc1)Cc1ccc(O)cc1. The third-order valence-electron chi connectivity index (χ3n) is 4.19. The number of amides is 3. The summed E-state index contributed by atoms with van der Waals surface area (Å²) in [6, 6.07) is 16.3. The van der Waals surface area contributed by atoms with E-state index in [0.29, 0.717) is 19.5 Å². The van der Waals surface area contributed by atoms with Gasteiger partial charge in [0.15, 0.2) is 0 Å². The second-order valence-corrected chi connectivity index (χ2v) is 6.17. The van der Waals surface area contributed by atoms with Crippen LogP contribution in [0.4, 0.5) is 4.79 Å². The molecule has 0 aromatic heterocycles. The van der Waals surface area contributed by atoms with Crippen LogP contribution in [0.5, 0.6) is 5.75 Å². The maximum Gasteiger partial charge on any atom is 0.314 e. The minimum Gasteiger partial charge on any atom is -0.508 e. The van der Waals surface area contributed by atoms with Crippen LogP contribution in [0.2, 0.25) is 0 Å². The number of urea groups is 1. The number of nitrogens with one attached hydrogen (secondary N) is 2. The van der Waals surface area contributed by atoms with E-state index in [0.717, 1.165) is 18.4 Å². The first-order chi connectivity index (χ1) is 12.6. The summed E-state index contributed by atoms with van der Waals surface area (Å²) in [6.07, 6.45) is 2.10. The number of phenolic OH excluding ortho intramolecular Hbond substituents is 1. The van der Waals surface area contributed by atoms with Crippen LogP contribution in [0.15, 0.2) is 54.6 Å². The maximum atomic E-state index is 12.0. The standard InChI is InChI=1S/C20H25N3O3/c1-23(15-24)18(13-17-7-9-19(25)10-8-17)14-22-20(26)21-12-11-16-5-3-2-4-6-16/h2-10,15,18,25H,11-14H2,1H3,(H2,21,22,26). The van der Waals surface area contributed by atoms with Crippen LogP contribution in [0.25, 0.3) is 0 Å². The van der Waals surface area contributed by atoms with Crippen LogP contribution in [-0.4, -0.2) is 48.6 Å². The molecule has 0 aliphatic carbocycles. The molecule has 0 saturated carbocycles. The first kappa shape index (κ1) is 19.3. The fourth-order valence-electron chi connectivity index (χ4n) is 2.59. The Hall–Kier alpha value is -3.02. The Balaban J connectivity index is 1.79. The molecule has 6 heteroatoms. The molecule has 2 rings (SSSR count). The Bertz CT molecular complexity index is 689. The van der Waals surface area contributed by atoms with Crippen molar-refractivity contribution in [2.75, 3.05) is 20.1 Å². The Morgan fingerprint density at radius 3 is 2.42 bits per heavy atom. The van der Waals surface area contributed by atoms with Gasteiger partial charge in [-0.25, -0.2) is 4.79 Å². The van der Waals surface area contributed by atoms with Crippen LogP contribution < -0.4 is 10.6 Å². The zero-order chi connectivity index (χ0) is 18.8. The molecule has 26 heavy (non-hydrogen) atoms. The number of hydrogen-bond donors (Lipinski definition) is 3. The number of carbonyl (C=O) groups excluding carboxylic acids is 2. The van der Waals surface area contributed by atoms with Crippen molar-refractivity contribution in [1.29, 1.82) is 0 Å². The van der Waals surface area contributed by atoms with Gasteiger partial charge in [-0.3, -0.25) is 4.79 Å². The monoisotopic (exact) mass is 355 g/mol. The predicted octanol–water partition coefficient (Wildman–Crippen LogP) is 1.93. The van der Waals surface area contributed by atoms with Gasteiger partial charge in [-0.1, -0.05) is 42.5 Å². The van der Waals surface area contributed by atoms with Gasteiger partial charge in [-0.15, -0.1) is 0 Å². The Morgan fingerprint density at radius 1 is 1.08 bits per heavy atom. The highest BCUT2D eigenvalue weighted by Crippen LogP contribution is 2.12. The van der Waals surface area contributed by atoms with Crippen molar-refractivity contribution in [3.63, 3.8) is 0 Å². The molecule has 0 saturated heterocycles. The van der Waals surface area contributed by atoms with Crippen molar-refractivity contribution in [2.45, 2.75) is 18.9 Å². The summed E-state index contributed by atoms with van der Waals surface area (Å²) in [5, 5.41) is 15.0. The van der Waals surface area contributed by atoms with Crippen LogP contribution in [0.1, 0.15) is 11.1 Å². The molecule has 3 N–H and O–H groups in total. The molecule has 1 atom stereocenters. The molecule has 3 amide bonds. The van der Waals surface area contributed by atoms with Crippen LogP contribution >= 0.6 is 0 Å². The lowest BCUT2D eigenvalue weighted by Gasteiger charge is -2.25. The van der Waals surface area contributed by atoms with Crippen LogP contribution in [0.3, 0.4) is 0 Å². The number of phenols is 1. The van der Waals surface area contributed by atoms with Crippen LogP contribution in [0, 0.1) is 0 Å². The van der Waals surface area contributed by atoms with Gasteiger partial charge in [0.05, 0.1) is 6.04 Å². The number of benzene rings is 2. The summed E-state index contributed by atoms with van der Waals surface area (Å²) in [4.78, 5) is 24.6. The zero-order valence-corrected chi connectivity index (χ0v) is 14.9. The van der Waals surface area contributed by atoms with Gasteiger partial charge in [0, 0.05) is 20.1 Å². The fraction of sp³-hybridized carbons (Fsp3) is 0.300. The molecule has 1 unspecified atom stereocenters. The Kier molecular flexibility index (Phi) is 7.49. The maximum absolute atomic E-state index is 12.0. The minimum atomic E-state index is -0.254. The summed E-state index contributed by atoms with van der Waals surface area (Å²) in [7, 11) is 1.69. The van der Waals surface area contributed by atoms with Crippen LogP contribution in [-0.2, 0) is 17.6 Å². The van der Waals surface area contributed by atoms with E-state index in [1.807, 2.05) is 30.3 Å². The number of aromatic hydroxyl groups is 1. The molecular weight excluding hydrogens is 330 g/mol. The molecule has 138 valence electrons. The quantitative estimate of drug-likeness (QED) is 0.601. The predicted molar refractivity (Wildman–Crippen MR) is 101 cm³/mol. The van der Waals surface area contributed by atoms with Gasteiger partial charge in [-0.05, 0) is 36.1 Å². The van der Waals surface area contributed by atoms with Gasteiger partial charge in [0.25, 0.3) is 0 Å². The van der Waals surface area contributed by atoms with Gasteiger partial charge < -0.3 is 20.6 Å². The third kappa shape index (κ3) is 6.47. The normalized spacial score (nSPS) is 11.4. The van der Waals surface area contributed by atoms with Gasteiger partial charge in [0.2, 0.25) is 6.41 Å². The molecular formula is C20H25N3O3. The van der Waals surface area contributed by atoms with E-state index < -0.39 is 0 Å². The molecule has 0 spiro atoms. The largest absolute Gasteiger partial charge is 0.508 e. The highest BCUT2D eigenvalue weighted by molar-refractivity contribution is 5.73. The molecule has 2 aromatic rings. The van der Waals surface area contributed by atoms with Gasteiger partial charge in [0.1, 0.15) is 5.75 Å². The van der Waals surface area contributed by atoms with E-state index in [1.54, 1.807) is 31.3 Å². The summed E-state index contributed by atoms with van der Waals surface area (Å²) >= 11 is 0. The molecule has 0 radical (unpaired) electrons. The van der Waals surface area contributed by atoms with Gasteiger partial charge in [-0.2, -0.15) is 0 Å². The summed E-state index contributed by atoms with van der Waals surface area (Å²) in [5.41, 5.74) is 2.14. The lowest BCUT2D eigenvalue weighted by Crippen LogP contribution is -2.46. The van der Waals surface area contributed by atoms with Crippen molar-refractivity contribution in [2.24, 2.45) is 0 Å². The second kappa shape index (κ2) is 10.1. The average molecular weight is 355 g/mol. The highest BCUT2D eigenvalue weighted by Gasteiger charge is 2.15. The molecule has 2 aromatic carbocycles. The average Bonchev–Trinajstić information content (AvgIpc) is 2.67. The van der Waals surface area contributed by atoms with E-state index in [1.165, 1.54) is 10.5 Å². The van der Waals surface area contributed by atoms with E-state index in [-0.39, 0.29) is 17.8 Å². The zero-order valence-electron chi connectivity index (χ0n) is 14.9. The molecule has 0 aliphatic rings. The summed E-state index contributed by atoms with van der Waals surface area (Å²) in [5.74, 6) is 0.199. The molecule has 0 aliphatic heterocycles. The molecule has 0 bridgehead atoms. The first-order valence-electron chi connectivity index (χ1n) is 8.59. The fourth-order valence-corrected chi connectivity index (χ4v) is 2.59. The van der Waals surface area contributed by atoms with E-state index >= 15 is 0 Å². The molecule has 0 fully saturated rings. The molecule has 0 heterocycles. The highest BCUT2D eigenvalue weighted by atomic mass is 16.3. The number of hydrogen-bond acceptors (Lipinski definition) is 3. The van der Waals surface area contributed by atoms with E-state index in [2.05, 4.69) is 10.6 Å². The van der Waals surface area contributed by atoms with E-state index in [9.17, 15) is 14.7 Å². The Labute approximate surface area is 153 Å². The number of carbonyl (C=O) groups is 2. The van der Waals surface area contributed by atoms with Crippen molar-refractivity contribution in [3.8, 4) is 5.75 Å². The van der Waals surface area contributed by atoms with Crippen molar-refractivity contribution in [3.05, 3.63) is 65.7 Å². The van der Waals surface area contributed by atoms with Crippen molar-refractivity contribution >= 4 is 12.4 Å². The van der Waals surface area contributed by atoms with Gasteiger partial charge >= 0.3 is 6.03 Å². The minimum absolute atomic E-state index is 0.170. The number of rotatable bonds is 9. The summed E-state index contributed by atoms with van der Waals surface area (Å²) in [6.45, 7) is 0.884. The number of likely N-dealkylation sites (N-methyl/N-ethyl adjacent to an activating group) is 1.